The third-order valence-corrected chi connectivity index (χ3v) is 5.64. The lowest BCUT2D eigenvalue weighted by molar-refractivity contribution is -0.0468. The fourth-order valence-corrected chi connectivity index (χ4v) is 4.54. The highest BCUT2D eigenvalue weighted by molar-refractivity contribution is 5.94. The van der Waals surface area contributed by atoms with Crippen LogP contribution < -0.4 is 9.47 Å². The van der Waals surface area contributed by atoms with E-state index in [1.54, 1.807) is 13.2 Å². The summed E-state index contributed by atoms with van der Waals surface area (Å²) >= 11 is 0. The van der Waals surface area contributed by atoms with Gasteiger partial charge in [-0.05, 0) is 31.2 Å². The molecule has 1 aromatic rings. The largest absolute Gasteiger partial charge is 0.455 e. The smallest absolute Gasteiger partial charge is 0.338 e. The number of nitrogens with zero attached hydrogens (tertiary/aromatic N) is 1. The van der Waals surface area contributed by atoms with Gasteiger partial charge in [-0.1, -0.05) is 11.6 Å². The van der Waals surface area contributed by atoms with Gasteiger partial charge in [-0.3, -0.25) is 4.90 Å². The fraction of sp³-hybridized carbons (Fsp3) is 0.500. The van der Waals surface area contributed by atoms with Gasteiger partial charge in [-0.2, -0.15) is 0 Å². The number of hydrogen-bond acceptors (Lipinski definition) is 6. The quantitative estimate of drug-likeness (QED) is 0.577. The van der Waals surface area contributed by atoms with Gasteiger partial charge in [0.2, 0.25) is 6.79 Å². The van der Waals surface area contributed by atoms with E-state index in [0.29, 0.717) is 17.1 Å². The predicted molar refractivity (Wildman–Crippen MR) is 84.4 cm³/mol. The summed E-state index contributed by atoms with van der Waals surface area (Å²) in [7, 11) is 3.79. The van der Waals surface area contributed by atoms with Gasteiger partial charge in [0.25, 0.3) is 0 Å². The minimum atomic E-state index is -0.316. The van der Waals surface area contributed by atoms with Gasteiger partial charge in [0.1, 0.15) is 12.2 Å². The van der Waals surface area contributed by atoms with Gasteiger partial charge in [-0.15, -0.1) is 0 Å². The monoisotopic (exact) mass is 329 g/mol. The zero-order chi connectivity index (χ0) is 16.4. The number of carbonyl (C=O) groups excluding carboxylic acids is 1. The van der Waals surface area contributed by atoms with E-state index in [4.69, 9.17) is 18.9 Å². The van der Waals surface area contributed by atoms with Crippen molar-refractivity contribution in [2.24, 2.45) is 0 Å². The molecule has 1 unspecified atom stereocenters. The SMILES string of the molecule is CO[C@H]1C=C2CCN(C)[C@H]2C2c3cc4c(cc3C(=O)O[C@@H]21)OCO4. The molecule has 3 aliphatic heterocycles. The zero-order valence-electron chi connectivity index (χ0n) is 13.7. The molecule has 1 aromatic carbocycles. The Hall–Kier alpha value is -2.05. The summed E-state index contributed by atoms with van der Waals surface area (Å²) in [6.07, 6.45) is 2.64. The van der Waals surface area contributed by atoms with Gasteiger partial charge in [0.15, 0.2) is 11.5 Å². The number of likely N-dealkylation sites (N-methyl/N-ethyl adjacent to an activating group) is 1. The number of ether oxygens (including phenoxy) is 4. The van der Waals surface area contributed by atoms with Crippen LogP contribution in [0.3, 0.4) is 0 Å². The Morgan fingerprint density at radius 2 is 2.04 bits per heavy atom. The molecule has 0 aromatic heterocycles. The first-order valence-corrected chi connectivity index (χ1v) is 8.25. The van der Waals surface area contributed by atoms with Gasteiger partial charge >= 0.3 is 5.97 Å². The van der Waals surface area contributed by atoms with Crippen LogP contribution in [-0.4, -0.2) is 56.6 Å². The van der Waals surface area contributed by atoms with E-state index in [1.807, 2.05) is 6.07 Å². The summed E-state index contributed by atoms with van der Waals surface area (Å²) in [6.45, 7) is 1.19. The second-order valence-electron chi connectivity index (χ2n) is 6.81. The van der Waals surface area contributed by atoms with Crippen LogP contribution in [0.15, 0.2) is 23.8 Å². The van der Waals surface area contributed by atoms with Crippen molar-refractivity contribution >= 4 is 5.97 Å². The summed E-state index contributed by atoms with van der Waals surface area (Å²) in [5, 5.41) is 0. The molecule has 5 rings (SSSR count). The van der Waals surface area contributed by atoms with Crippen LogP contribution in [0.25, 0.3) is 0 Å². The molecule has 1 saturated heterocycles. The lowest BCUT2D eigenvalue weighted by Crippen LogP contribution is -2.51. The second kappa shape index (κ2) is 4.97. The van der Waals surface area contributed by atoms with Crippen molar-refractivity contribution in [1.29, 1.82) is 0 Å². The molecule has 0 bridgehead atoms. The van der Waals surface area contributed by atoms with Crippen molar-refractivity contribution in [1.82, 2.24) is 4.90 Å². The number of fused-ring (bicyclic) bond motifs is 6. The van der Waals surface area contributed by atoms with Crippen LogP contribution in [0, 0.1) is 0 Å². The van der Waals surface area contributed by atoms with Crippen LogP contribution in [0.1, 0.15) is 28.3 Å². The van der Waals surface area contributed by atoms with Crippen molar-refractivity contribution in [2.45, 2.75) is 30.6 Å². The highest BCUT2D eigenvalue weighted by Crippen LogP contribution is 2.49. The van der Waals surface area contributed by atoms with E-state index >= 15 is 0 Å². The summed E-state index contributed by atoms with van der Waals surface area (Å²) in [5.41, 5.74) is 2.93. The molecule has 0 spiro atoms. The third-order valence-electron chi connectivity index (χ3n) is 5.64. The first kappa shape index (κ1) is 14.3. The summed E-state index contributed by atoms with van der Waals surface area (Å²) in [5.74, 6) is 1.04. The first-order valence-electron chi connectivity index (χ1n) is 8.25. The maximum absolute atomic E-state index is 12.6. The molecule has 24 heavy (non-hydrogen) atoms. The molecule has 6 nitrogen and oxygen atoms in total. The van der Waals surface area contributed by atoms with Gasteiger partial charge < -0.3 is 18.9 Å². The molecule has 0 N–H and O–H groups in total. The Balaban J connectivity index is 1.70. The average Bonchev–Trinajstić information content (AvgIpc) is 3.19. The summed E-state index contributed by atoms with van der Waals surface area (Å²) < 4.78 is 22.4. The molecular weight excluding hydrogens is 310 g/mol. The number of hydrogen-bond donors (Lipinski definition) is 0. The lowest BCUT2D eigenvalue weighted by atomic mass is 9.73. The van der Waals surface area contributed by atoms with Crippen LogP contribution in [0.2, 0.25) is 0 Å². The van der Waals surface area contributed by atoms with E-state index in [-0.39, 0.29) is 36.9 Å². The molecule has 6 heteroatoms. The Morgan fingerprint density at radius 1 is 1.25 bits per heavy atom. The van der Waals surface area contributed by atoms with Gasteiger partial charge in [-0.25, -0.2) is 4.79 Å². The molecule has 4 aliphatic rings. The molecule has 4 atom stereocenters. The first-order chi connectivity index (χ1) is 11.7. The highest BCUT2D eigenvalue weighted by Gasteiger charge is 2.51. The van der Waals surface area contributed by atoms with Gasteiger partial charge in [0, 0.05) is 25.6 Å². The Morgan fingerprint density at radius 3 is 2.83 bits per heavy atom. The Kier molecular flexibility index (Phi) is 2.96. The fourth-order valence-electron chi connectivity index (χ4n) is 4.54. The molecule has 0 saturated carbocycles. The minimum Gasteiger partial charge on any atom is -0.455 e. The summed E-state index contributed by atoms with van der Waals surface area (Å²) in [6, 6.07) is 3.94. The molecule has 126 valence electrons. The highest BCUT2D eigenvalue weighted by atomic mass is 16.7. The van der Waals surface area contributed by atoms with Crippen LogP contribution in [0.4, 0.5) is 0 Å². The Labute approximate surface area is 139 Å². The molecule has 1 aliphatic carbocycles. The number of carbonyl (C=O) groups is 1. The minimum absolute atomic E-state index is 0.0460. The Bertz CT molecular complexity index is 758. The van der Waals surface area contributed by atoms with Crippen molar-refractivity contribution in [2.75, 3.05) is 27.5 Å². The van der Waals surface area contributed by atoms with E-state index in [1.165, 1.54) is 5.57 Å². The summed E-state index contributed by atoms with van der Waals surface area (Å²) in [4.78, 5) is 14.9. The third kappa shape index (κ3) is 1.81. The molecule has 0 amide bonds. The zero-order valence-corrected chi connectivity index (χ0v) is 13.7. The molecule has 0 radical (unpaired) electrons. The number of methoxy groups -OCH3 is 1. The normalized spacial score (nSPS) is 33.4. The van der Waals surface area contributed by atoms with Crippen molar-refractivity contribution in [3.8, 4) is 11.5 Å². The number of esters is 1. The molecular formula is C18H19NO5. The van der Waals surface area contributed by atoms with Crippen molar-refractivity contribution in [3.05, 3.63) is 34.9 Å². The maximum atomic E-state index is 12.6. The molecule has 3 heterocycles. The standard InChI is InChI=1S/C18H19NO5/c1-19-4-3-9-5-14(21-2)17-15(16(9)19)10-6-12-13(23-8-22-12)7-11(10)18(20)24-17/h5-7,14-17H,3-4,8H2,1-2H3/t14-,15?,16+,17+/m0/s1. The van der Waals surface area contributed by atoms with E-state index < -0.39 is 0 Å². The number of benzene rings is 1. The topological polar surface area (TPSA) is 57.2 Å². The second-order valence-corrected chi connectivity index (χ2v) is 6.81. The van der Waals surface area contributed by atoms with E-state index in [2.05, 4.69) is 18.0 Å². The van der Waals surface area contributed by atoms with Crippen LogP contribution in [0.5, 0.6) is 11.5 Å². The van der Waals surface area contributed by atoms with Crippen LogP contribution in [-0.2, 0) is 9.47 Å². The average molecular weight is 329 g/mol. The number of likely N-dealkylation sites (tertiary alicyclic amines) is 1. The lowest BCUT2D eigenvalue weighted by Gasteiger charge is -2.44. The van der Waals surface area contributed by atoms with Crippen molar-refractivity contribution in [3.63, 3.8) is 0 Å². The van der Waals surface area contributed by atoms with E-state index in [9.17, 15) is 4.79 Å². The van der Waals surface area contributed by atoms with Crippen molar-refractivity contribution < 1.29 is 23.7 Å². The molecule has 1 fully saturated rings. The number of rotatable bonds is 1. The predicted octanol–water partition coefficient (Wildman–Crippen LogP) is 1.70. The van der Waals surface area contributed by atoms with Gasteiger partial charge in [0.05, 0.1) is 5.56 Å². The van der Waals surface area contributed by atoms with E-state index in [0.717, 1.165) is 18.5 Å². The maximum Gasteiger partial charge on any atom is 0.338 e. The van der Waals surface area contributed by atoms with Crippen LogP contribution >= 0.6 is 0 Å².